The van der Waals surface area contributed by atoms with Gasteiger partial charge in [0.25, 0.3) is 5.56 Å². The van der Waals surface area contributed by atoms with Crippen LogP contribution in [0.3, 0.4) is 0 Å². The third-order valence-corrected chi connectivity index (χ3v) is 11.8. The highest BCUT2D eigenvalue weighted by Gasteiger charge is 2.46. The molecule has 338 valence electrons. The number of amides is 5. The molecule has 2 aliphatic heterocycles. The van der Waals surface area contributed by atoms with Crippen LogP contribution in [0.5, 0.6) is 0 Å². The van der Waals surface area contributed by atoms with Crippen LogP contribution in [0.25, 0.3) is 22.3 Å². The average Bonchev–Trinajstić information content (AvgIpc) is 3.65. The Balaban J connectivity index is 0.975. The van der Waals surface area contributed by atoms with Crippen molar-refractivity contribution in [1.82, 2.24) is 41.5 Å². The summed E-state index contributed by atoms with van der Waals surface area (Å²) in [6, 6.07) is 10.3. The monoisotopic (exact) mass is 882 g/mol. The zero-order valence-electron chi connectivity index (χ0n) is 35.9. The quantitative estimate of drug-likeness (QED) is 0.0387. The maximum Gasteiger partial charge on any atom is 0.343 e. The Morgan fingerprint density at radius 2 is 1.70 bits per heavy atom. The number of carbonyl (C=O) groups is 6. The molecule has 4 heterocycles. The van der Waals surface area contributed by atoms with E-state index in [0.29, 0.717) is 51.8 Å². The van der Waals surface area contributed by atoms with Crippen LogP contribution in [0.15, 0.2) is 47.3 Å². The normalized spacial score (nSPS) is 17.4. The second-order valence-electron chi connectivity index (χ2n) is 16.4. The van der Waals surface area contributed by atoms with Crippen LogP contribution in [-0.4, -0.2) is 95.2 Å². The van der Waals surface area contributed by atoms with Crippen molar-refractivity contribution in [3.8, 4) is 11.4 Å². The molecule has 0 bridgehead atoms. The molecule has 0 saturated carbocycles. The third kappa shape index (κ3) is 9.36. The molecule has 19 heteroatoms. The Labute approximate surface area is 367 Å². The fourth-order valence-corrected chi connectivity index (χ4v) is 8.41. The van der Waals surface area contributed by atoms with Gasteiger partial charge in [-0.1, -0.05) is 51.1 Å². The van der Waals surface area contributed by atoms with Gasteiger partial charge < -0.3 is 51.0 Å². The minimum atomic E-state index is -2.03. The number of nitrogens with zero attached hydrogens (tertiary/aromatic N) is 2. The predicted molar refractivity (Wildman–Crippen MR) is 229 cm³/mol. The van der Waals surface area contributed by atoms with Gasteiger partial charge in [0, 0.05) is 35.0 Å². The predicted octanol–water partition coefficient (Wildman–Crippen LogP) is 0.679. The molecule has 0 radical (unpaired) electrons. The highest BCUT2D eigenvalue weighted by atomic mass is 19.1. The van der Waals surface area contributed by atoms with E-state index in [1.807, 2.05) is 19.9 Å². The molecule has 64 heavy (non-hydrogen) atoms. The van der Waals surface area contributed by atoms with Gasteiger partial charge in [-0.15, -0.1) is 0 Å². The van der Waals surface area contributed by atoms with Crippen molar-refractivity contribution in [1.29, 1.82) is 0 Å². The molecule has 4 aromatic rings. The van der Waals surface area contributed by atoms with Gasteiger partial charge in [0.1, 0.15) is 31.8 Å². The zero-order chi connectivity index (χ0) is 45.9. The maximum absolute atomic E-state index is 15.3. The lowest BCUT2D eigenvalue weighted by Gasteiger charge is -2.31. The number of aromatic nitrogens is 2. The lowest BCUT2D eigenvalue weighted by atomic mass is 9.81. The molecule has 7 rings (SSSR count). The number of halogens is 1. The van der Waals surface area contributed by atoms with Crippen molar-refractivity contribution in [2.75, 3.05) is 33.0 Å². The Kier molecular flexibility index (Phi) is 13.5. The summed E-state index contributed by atoms with van der Waals surface area (Å²) in [7, 11) is 0. The Bertz CT molecular complexity index is 2600. The standard InChI is InChI=1S/C45H51FN8O10/c1-5-45(62)29-14-34-41-27(19-54(34)43(60)28(29)20-64-44(45)61)40-31(12-11-26-24(4)30(46)15-32(53-41)39(26)40)51-38(58)21-63-22-50-36(56)17-49-42(59)33(13-25-9-7-6-8-10-25)52-37(57)18-48-35(55)16-47-23(2)3/h6-10,14-15,23,31,33,47,62H,5,11-13,16-22H2,1-4H3,(H,48,55)(H,49,59)(H,50,56)(H,51,58)(H,52,57)/t31-,33-,45-/m0/s1. The maximum atomic E-state index is 15.3. The number of carbonyl (C=O) groups excluding carboxylic acids is 6. The second-order valence-corrected chi connectivity index (χ2v) is 16.4. The summed E-state index contributed by atoms with van der Waals surface area (Å²) < 4.78 is 27.5. The average molecular weight is 883 g/mol. The molecular weight excluding hydrogens is 832 g/mol. The molecule has 7 N–H and O–H groups in total. The first-order valence-corrected chi connectivity index (χ1v) is 21.2. The Morgan fingerprint density at radius 3 is 2.44 bits per heavy atom. The largest absolute Gasteiger partial charge is 0.458 e. The summed E-state index contributed by atoms with van der Waals surface area (Å²) in [5, 5.41) is 28.1. The van der Waals surface area contributed by atoms with Crippen molar-refractivity contribution in [2.45, 2.75) is 90.3 Å². The van der Waals surface area contributed by atoms with Gasteiger partial charge in [0.05, 0.1) is 54.7 Å². The summed E-state index contributed by atoms with van der Waals surface area (Å²) >= 11 is 0. The number of esters is 1. The fourth-order valence-electron chi connectivity index (χ4n) is 8.41. The molecule has 5 amide bonds. The van der Waals surface area contributed by atoms with Crippen molar-refractivity contribution in [2.24, 2.45) is 0 Å². The lowest BCUT2D eigenvalue weighted by molar-refractivity contribution is -0.172. The van der Waals surface area contributed by atoms with Gasteiger partial charge in [0.2, 0.25) is 29.5 Å². The molecule has 3 aliphatic rings. The van der Waals surface area contributed by atoms with Gasteiger partial charge in [-0.05, 0) is 54.5 Å². The molecule has 1 aliphatic carbocycles. The van der Waals surface area contributed by atoms with Crippen molar-refractivity contribution < 1.29 is 47.7 Å². The van der Waals surface area contributed by atoms with Crippen LogP contribution in [0, 0.1) is 12.7 Å². The molecule has 2 aromatic heterocycles. The second kappa shape index (κ2) is 19.0. The fraction of sp³-hybridized carbons (Fsp3) is 0.422. The van der Waals surface area contributed by atoms with Gasteiger partial charge in [-0.25, -0.2) is 14.2 Å². The molecule has 18 nitrogen and oxygen atoms in total. The number of aryl methyl sites for hydroxylation is 1. The lowest BCUT2D eigenvalue weighted by Crippen LogP contribution is -2.52. The number of nitrogens with one attached hydrogen (secondary N) is 6. The summed E-state index contributed by atoms with van der Waals surface area (Å²) in [4.78, 5) is 95.5. The Morgan fingerprint density at radius 1 is 0.969 bits per heavy atom. The van der Waals surface area contributed by atoms with Gasteiger partial charge in [0.15, 0.2) is 5.60 Å². The number of cyclic esters (lactones) is 1. The number of pyridine rings is 2. The van der Waals surface area contributed by atoms with Crippen LogP contribution >= 0.6 is 0 Å². The molecule has 0 unspecified atom stereocenters. The number of aliphatic hydroxyl groups is 1. The van der Waals surface area contributed by atoms with Gasteiger partial charge in [-0.3, -0.25) is 28.8 Å². The van der Waals surface area contributed by atoms with E-state index in [0.717, 1.165) is 11.1 Å². The topological polar surface area (TPSA) is 248 Å². The molecule has 0 fully saturated rings. The van der Waals surface area contributed by atoms with Gasteiger partial charge >= 0.3 is 5.97 Å². The van der Waals surface area contributed by atoms with Gasteiger partial charge in [-0.2, -0.15) is 0 Å². The van der Waals surface area contributed by atoms with Crippen LogP contribution < -0.4 is 37.5 Å². The molecular formula is C45H51FN8O10. The van der Waals surface area contributed by atoms with Crippen LogP contribution in [0.1, 0.15) is 78.6 Å². The van der Waals surface area contributed by atoms with Crippen molar-refractivity contribution >= 4 is 46.4 Å². The molecule has 0 saturated heterocycles. The van der Waals surface area contributed by atoms with E-state index in [1.165, 1.54) is 10.6 Å². The van der Waals surface area contributed by atoms with E-state index < -0.39 is 71.8 Å². The first kappa shape index (κ1) is 45.5. The number of hydrogen-bond acceptors (Lipinski definition) is 12. The van der Waals surface area contributed by atoms with E-state index in [4.69, 9.17) is 14.5 Å². The van der Waals surface area contributed by atoms with E-state index in [1.54, 1.807) is 44.2 Å². The minimum absolute atomic E-state index is 0.0224. The van der Waals surface area contributed by atoms with Crippen molar-refractivity contribution in [3.63, 3.8) is 0 Å². The number of ether oxygens (including phenoxy) is 2. The van der Waals surface area contributed by atoms with E-state index in [2.05, 4.69) is 31.9 Å². The molecule has 0 spiro atoms. The first-order valence-electron chi connectivity index (χ1n) is 21.2. The van der Waals surface area contributed by atoms with Crippen molar-refractivity contribution in [3.05, 3.63) is 97.6 Å². The highest BCUT2D eigenvalue weighted by molar-refractivity contribution is 5.95. The molecule has 3 atom stereocenters. The smallest absolute Gasteiger partial charge is 0.343 e. The summed E-state index contributed by atoms with van der Waals surface area (Å²) in [5.41, 5.74) is 2.11. The summed E-state index contributed by atoms with van der Waals surface area (Å²) in [6.07, 6.45) is 0.897. The first-order chi connectivity index (χ1) is 30.6. The van der Waals surface area contributed by atoms with Crippen LogP contribution in [0.4, 0.5) is 4.39 Å². The molecule has 2 aromatic carbocycles. The van der Waals surface area contributed by atoms with E-state index >= 15 is 4.39 Å². The number of rotatable bonds is 17. The van der Waals surface area contributed by atoms with Crippen LogP contribution in [-0.2, 0) is 69.8 Å². The summed E-state index contributed by atoms with van der Waals surface area (Å²) in [6.45, 7) is 5.19. The number of benzene rings is 2. The summed E-state index contributed by atoms with van der Waals surface area (Å²) in [5.74, 6) is -4.07. The zero-order valence-corrected chi connectivity index (χ0v) is 35.9. The Hall–Kier alpha value is -6.57. The number of fused-ring (bicyclic) bond motifs is 5. The SMILES string of the molecule is CC[C@@]1(O)C(=O)OCc2c1cc1n(c2=O)Cc2c-1nc1cc(F)c(C)c3c1c2[C@@H](NC(=O)COCNC(=O)CNC(=O)[C@H](Cc1ccccc1)NC(=O)CNC(=O)CNC(C)C)CC3. The van der Waals surface area contributed by atoms with E-state index in [9.17, 15) is 38.7 Å². The third-order valence-electron chi connectivity index (χ3n) is 11.8. The van der Waals surface area contributed by atoms with Crippen LogP contribution in [0.2, 0.25) is 0 Å². The highest BCUT2D eigenvalue weighted by Crippen LogP contribution is 2.46. The minimum Gasteiger partial charge on any atom is -0.458 e. The number of hydrogen-bond donors (Lipinski definition) is 7. The van der Waals surface area contributed by atoms with E-state index in [-0.39, 0.29) is 68.9 Å².